The Kier molecular flexibility index (Phi) is 20.0. The second kappa shape index (κ2) is 23.8. The molecular weight excluding hydrogens is 700 g/mol. The lowest BCUT2D eigenvalue weighted by Gasteiger charge is -2.32. The highest BCUT2D eigenvalue weighted by atomic mass is 16.6. The highest BCUT2D eigenvalue weighted by Gasteiger charge is 2.40. The molecule has 15 nitrogen and oxygen atoms in total. The van der Waals surface area contributed by atoms with Crippen LogP contribution < -0.4 is 21.3 Å². The molecule has 0 radical (unpaired) electrons. The number of benzene rings is 1. The Bertz CT molecular complexity index is 1430. The Morgan fingerprint density at radius 2 is 1.56 bits per heavy atom. The number of hydrogen-bond donors (Lipinski definition) is 5. The summed E-state index contributed by atoms with van der Waals surface area (Å²) in [6, 6.07) is 5.07. The molecule has 2 rings (SSSR count). The third-order valence-electron chi connectivity index (χ3n) is 8.66. The second-order valence-corrected chi connectivity index (χ2v) is 14.1. The third-order valence-corrected chi connectivity index (χ3v) is 8.66. The molecule has 0 saturated carbocycles. The Morgan fingerprint density at radius 1 is 0.889 bits per heavy atom. The molecule has 0 saturated heterocycles. The molecule has 1 aromatic carbocycles. The predicted molar refractivity (Wildman–Crippen MR) is 198 cm³/mol. The number of aliphatic hydroxyl groups excluding tert-OH is 1. The molecule has 0 aromatic heterocycles. The summed E-state index contributed by atoms with van der Waals surface area (Å²) in [6.07, 6.45) is 2.72. The summed E-state index contributed by atoms with van der Waals surface area (Å²) in [5.74, 6) is -5.67. The molecule has 0 bridgehead atoms. The van der Waals surface area contributed by atoms with Crippen molar-refractivity contribution >= 4 is 41.5 Å². The van der Waals surface area contributed by atoms with Crippen molar-refractivity contribution in [1.82, 2.24) is 21.3 Å². The maximum atomic E-state index is 13.6. The van der Waals surface area contributed by atoms with Crippen LogP contribution in [0, 0.1) is 11.8 Å². The Labute approximate surface area is 317 Å². The number of carbonyl (C=O) groups excluding carboxylic acids is 7. The number of ether oxygens (including phenoxy) is 3. The highest BCUT2D eigenvalue weighted by Crippen LogP contribution is 2.18. The van der Waals surface area contributed by atoms with Gasteiger partial charge in [0.1, 0.15) is 18.8 Å². The van der Waals surface area contributed by atoms with Gasteiger partial charge in [-0.1, -0.05) is 89.4 Å². The lowest BCUT2D eigenvalue weighted by Crippen LogP contribution is -2.56. The van der Waals surface area contributed by atoms with Crippen molar-refractivity contribution in [2.24, 2.45) is 11.8 Å². The quantitative estimate of drug-likeness (QED) is 0.132. The Hall–Kier alpha value is -4.79. The van der Waals surface area contributed by atoms with Crippen LogP contribution in [0.3, 0.4) is 0 Å². The van der Waals surface area contributed by atoms with E-state index in [0.29, 0.717) is 25.8 Å². The molecule has 1 aromatic rings. The lowest BCUT2D eigenvalue weighted by atomic mass is 9.97. The van der Waals surface area contributed by atoms with Gasteiger partial charge in [0.05, 0.1) is 6.10 Å². The van der Waals surface area contributed by atoms with Gasteiger partial charge in [0.15, 0.2) is 18.2 Å². The van der Waals surface area contributed by atoms with E-state index in [1.165, 1.54) is 26.0 Å². The van der Waals surface area contributed by atoms with Gasteiger partial charge in [-0.25, -0.2) is 14.4 Å². The van der Waals surface area contributed by atoms with Crippen LogP contribution in [0.4, 0.5) is 0 Å². The summed E-state index contributed by atoms with van der Waals surface area (Å²) in [4.78, 5) is 90.4. The molecule has 15 heteroatoms. The van der Waals surface area contributed by atoms with Crippen molar-refractivity contribution in [3.63, 3.8) is 0 Å². The lowest BCUT2D eigenvalue weighted by molar-refractivity contribution is -0.167. The van der Waals surface area contributed by atoms with Crippen LogP contribution in [0.25, 0.3) is 0 Å². The first-order chi connectivity index (χ1) is 25.6. The van der Waals surface area contributed by atoms with Crippen LogP contribution in [0.15, 0.2) is 42.5 Å². The topological polar surface area (TPSA) is 216 Å². The van der Waals surface area contributed by atoms with Gasteiger partial charge >= 0.3 is 17.9 Å². The first-order valence-corrected chi connectivity index (χ1v) is 18.7. The Morgan fingerprint density at radius 3 is 2.19 bits per heavy atom. The van der Waals surface area contributed by atoms with Gasteiger partial charge < -0.3 is 40.6 Å². The number of nitrogens with one attached hydrogen (secondary N) is 4. The van der Waals surface area contributed by atoms with E-state index < -0.39 is 89.8 Å². The maximum Gasteiger partial charge on any atom is 0.332 e. The average Bonchev–Trinajstić information content (AvgIpc) is 3.11. The summed E-state index contributed by atoms with van der Waals surface area (Å²) < 4.78 is 16.9. The van der Waals surface area contributed by atoms with E-state index in [1.54, 1.807) is 27.7 Å². The monoisotopic (exact) mass is 758 g/mol. The SMILES string of the molecule is CC(=O)N[C@H]1C/C=C/COC(=O)[C@H]([C@H](OC(=O)[C@@H](NC(C)=O)[C@H](O)C(C)C)C(C)C)NC(=O)CCCCCCCNC(=O)[C@@H](Cc2ccccc2)OC1=O. The van der Waals surface area contributed by atoms with Crippen LogP contribution in [-0.4, -0.2) is 96.2 Å². The number of amides is 4. The van der Waals surface area contributed by atoms with E-state index in [-0.39, 0.29) is 25.9 Å². The number of aliphatic hydroxyl groups is 1. The molecule has 4 amide bonds. The van der Waals surface area contributed by atoms with Crippen molar-refractivity contribution in [2.45, 2.75) is 129 Å². The van der Waals surface area contributed by atoms with Gasteiger partial charge in [0.25, 0.3) is 5.91 Å². The minimum absolute atomic E-state index is 0.0647. The molecule has 54 heavy (non-hydrogen) atoms. The molecule has 1 aliphatic heterocycles. The van der Waals surface area contributed by atoms with Crippen LogP contribution in [0.1, 0.15) is 92.1 Å². The molecule has 6 atom stereocenters. The molecular formula is C39H58N4O11. The summed E-state index contributed by atoms with van der Waals surface area (Å²) in [5.41, 5.74) is 0.780. The zero-order valence-corrected chi connectivity index (χ0v) is 32.3. The second-order valence-electron chi connectivity index (χ2n) is 14.1. The maximum absolute atomic E-state index is 13.6. The molecule has 0 spiro atoms. The number of carbonyl (C=O) groups is 7. The minimum atomic E-state index is -1.44. The van der Waals surface area contributed by atoms with Gasteiger partial charge in [-0.15, -0.1) is 0 Å². The largest absolute Gasteiger partial charge is 0.460 e. The molecule has 1 heterocycles. The molecule has 1 aliphatic rings. The van der Waals surface area contributed by atoms with Crippen molar-refractivity contribution in [1.29, 1.82) is 0 Å². The van der Waals surface area contributed by atoms with E-state index in [2.05, 4.69) is 21.3 Å². The van der Waals surface area contributed by atoms with Crippen LogP contribution in [-0.2, 0) is 54.2 Å². The number of cyclic esters (lactones) is 2. The van der Waals surface area contributed by atoms with Gasteiger partial charge in [-0.2, -0.15) is 0 Å². The van der Waals surface area contributed by atoms with E-state index in [1.807, 2.05) is 30.3 Å². The molecule has 0 fully saturated rings. The van der Waals surface area contributed by atoms with Crippen molar-refractivity contribution in [2.75, 3.05) is 13.2 Å². The first-order valence-electron chi connectivity index (χ1n) is 18.7. The third kappa shape index (κ3) is 16.5. The van der Waals surface area contributed by atoms with Crippen molar-refractivity contribution < 1.29 is 52.9 Å². The highest BCUT2D eigenvalue weighted by molar-refractivity contribution is 5.88. The minimum Gasteiger partial charge on any atom is -0.460 e. The fourth-order valence-electron chi connectivity index (χ4n) is 5.69. The standard InChI is InChI=1S/C39H58N4O11/c1-24(2)34(47)32(42-27(6)45)39(51)54-35(25(3)4)33-38(50)52-22-16-14-19-29(41-26(5)44)37(49)53-30(23-28-17-11-10-12-18-28)36(48)40-21-15-9-7-8-13-20-31(46)43-33/h10-12,14,16-18,24-25,29-30,32-35,47H,7-9,13,15,19-23H2,1-6H3,(H,40,48)(H,41,44)(H,42,45)(H,43,46)/b16-14+/t29-,30+,32-,33-,34+,35+/m0/s1. The van der Waals surface area contributed by atoms with Gasteiger partial charge in [0, 0.05) is 33.2 Å². The normalized spacial score (nSPS) is 22.4. The summed E-state index contributed by atoms with van der Waals surface area (Å²) >= 11 is 0. The van der Waals surface area contributed by atoms with Crippen LogP contribution >= 0.6 is 0 Å². The zero-order chi connectivity index (χ0) is 40.2. The van der Waals surface area contributed by atoms with E-state index in [9.17, 15) is 38.7 Å². The summed E-state index contributed by atoms with van der Waals surface area (Å²) in [5, 5.41) is 21.1. The smallest absolute Gasteiger partial charge is 0.332 e. The Balaban J connectivity index is 2.34. The molecule has 300 valence electrons. The molecule has 5 N–H and O–H groups in total. The van der Waals surface area contributed by atoms with Crippen molar-refractivity contribution in [3.8, 4) is 0 Å². The summed E-state index contributed by atoms with van der Waals surface area (Å²) in [7, 11) is 0. The number of hydrogen-bond acceptors (Lipinski definition) is 11. The van der Waals surface area contributed by atoms with E-state index >= 15 is 0 Å². The van der Waals surface area contributed by atoms with Crippen molar-refractivity contribution in [3.05, 3.63) is 48.0 Å². The predicted octanol–water partition coefficient (Wildman–Crippen LogP) is 2.18. The van der Waals surface area contributed by atoms with E-state index in [4.69, 9.17) is 14.2 Å². The number of esters is 3. The first kappa shape index (κ1) is 45.4. The average molecular weight is 759 g/mol. The van der Waals surface area contributed by atoms with Crippen LogP contribution in [0.5, 0.6) is 0 Å². The zero-order valence-electron chi connectivity index (χ0n) is 32.3. The van der Waals surface area contributed by atoms with Gasteiger partial charge in [-0.3, -0.25) is 19.2 Å². The number of rotatable bonds is 10. The van der Waals surface area contributed by atoms with E-state index in [0.717, 1.165) is 18.4 Å². The van der Waals surface area contributed by atoms with Crippen LogP contribution in [0.2, 0.25) is 0 Å². The fourth-order valence-corrected chi connectivity index (χ4v) is 5.69. The van der Waals surface area contributed by atoms with Gasteiger partial charge in [-0.05, 0) is 36.7 Å². The summed E-state index contributed by atoms with van der Waals surface area (Å²) in [6.45, 7) is 9.15. The molecule has 0 unspecified atom stereocenters. The fraction of sp³-hybridized carbons (Fsp3) is 0.615. The van der Waals surface area contributed by atoms with Gasteiger partial charge in [0.2, 0.25) is 17.7 Å². The molecule has 0 aliphatic carbocycles.